The molecule has 1 aromatic carbocycles. The topological polar surface area (TPSA) is 86.0 Å². The minimum Gasteiger partial charge on any atom is -0.381 e. The molecule has 1 fully saturated rings. The van der Waals surface area contributed by atoms with Crippen LogP contribution in [-0.4, -0.2) is 32.9 Å². The first-order chi connectivity index (χ1) is 10.5. The molecule has 3 rings (SSSR count). The molecule has 22 heavy (non-hydrogen) atoms. The van der Waals surface area contributed by atoms with E-state index in [1.807, 2.05) is 13.1 Å². The molecule has 2 aromatic rings. The number of hydrogen-bond donors (Lipinski definition) is 1. The minimum absolute atomic E-state index is 0.0476. The number of H-pyrrole nitrogens is 1. The number of benzene rings is 1. The molecule has 116 valence electrons. The Kier molecular flexibility index (Phi) is 4.11. The van der Waals surface area contributed by atoms with Gasteiger partial charge in [-0.05, 0) is 23.8 Å². The number of halogens is 1. The second-order valence-corrected chi connectivity index (χ2v) is 6.52. The number of non-ortho nitro benzene ring substituents is 1. The van der Waals surface area contributed by atoms with Crippen LogP contribution in [0.4, 0.5) is 5.69 Å². The highest BCUT2D eigenvalue weighted by molar-refractivity contribution is 9.10. The summed E-state index contributed by atoms with van der Waals surface area (Å²) in [6, 6.07) is 4.96. The third-order valence-electron chi connectivity index (χ3n) is 3.80. The van der Waals surface area contributed by atoms with Crippen molar-refractivity contribution in [2.24, 2.45) is 13.0 Å². The number of rotatable bonds is 4. The van der Waals surface area contributed by atoms with Gasteiger partial charge in [-0.3, -0.25) is 15.2 Å². The summed E-state index contributed by atoms with van der Waals surface area (Å²) in [4.78, 5) is 10.7. The average molecular weight is 385 g/mol. The van der Waals surface area contributed by atoms with Gasteiger partial charge in [0.15, 0.2) is 4.77 Å². The van der Waals surface area contributed by atoms with Crippen molar-refractivity contribution in [3.63, 3.8) is 0 Å². The highest BCUT2D eigenvalue weighted by Crippen LogP contribution is 2.37. The summed E-state index contributed by atoms with van der Waals surface area (Å²) < 4.78 is 8.27. The second kappa shape index (κ2) is 5.90. The predicted molar refractivity (Wildman–Crippen MR) is 85.3 cm³/mol. The van der Waals surface area contributed by atoms with E-state index >= 15 is 0 Å². The van der Waals surface area contributed by atoms with Crippen LogP contribution < -0.4 is 0 Å². The summed E-state index contributed by atoms with van der Waals surface area (Å²) in [5.74, 6) is 0.867. The summed E-state index contributed by atoms with van der Waals surface area (Å²) in [5.41, 5.74) is 0.873. The fourth-order valence-corrected chi connectivity index (χ4v) is 3.24. The summed E-state index contributed by atoms with van der Waals surface area (Å²) in [6.07, 6.45) is 0. The van der Waals surface area contributed by atoms with Gasteiger partial charge in [0, 0.05) is 29.6 Å². The van der Waals surface area contributed by atoms with E-state index in [0.717, 1.165) is 11.4 Å². The molecule has 1 saturated heterocycles. The number of nitro groups is 1. The smallest absolute Gasteiger partial charge is 0.270 e. The van der Waals surface area contributed by atoms with Crippen LogP contribution in [0.25, 0.3) is 0 Å². The lowest BCUT2D eigenvalue weighted by Gasteiger charge is -2.33. The van der Waals surface area contributed by atoms with E-state index in [1.165, 1.54) is 6.07 Å². The Hall–Kier alpha value is -1.58. The van der Waals surface area contributed by atoms with E-state index in [2.05, 4.69) is 26.1 Å². The molecule has 0 saturated carbocycles. The van der Waals surface area contributed by atoms with Gasteiger partial charge in [0.1, 0.15) is 5.82 Å². The van der Waals surface area contributed by atoms with Crippen LogP contribution in [0.3, 0.4) is 0 Å². The molecule has 0 radical (unpaired) electrons. The van der Waals surface area contributed by atoms with Crippen LogP contribution in [0.1, 0.15) is 17.3 Å². The van der Waals surface area contributed by atoms with Crippen LogP contribution in [0.15, 0.2) is 22.7 Å². The zero-order valence-electron chi connectivity index (χ0n) is 11.7. The normalized spacial score (nSPS) is 16.3. The van der Waals surface area contributed by atoms with Gasteiger partial charge in [0.05, 0.1) is 24.1 Å². The first-order valence-corrected chi connectivity index (χ1v) is 7.81. The van der Waals surface area contributed by atoms with Crippen molar-refractivity contribution in [2.75, 3.05) is 13.2 Å². The van der Waals surface area contributed by atoms with Crippen molar-refractivity contribution in [1.82, 2.24) is 14.8 Å². The number of nitrogens with one attached hydrogen (secondary N) is 1. The molecule has 0 bridgehead atoms. The number of nitro benzene ring substituents is 1. The van der Waals surface area contributed by atoms with Gasteiger partial charge in [-0.2, -0.15) is 5.10 Å². The molecule has 9 heteroatoms. The van der Waals surface area contributed by atoms with Crippen LogP contribution in [-0.2, 0) is 11.8 Å². The molecule has 1 aromatic heterocycles. The molecule has 0 spiro atoms. The third kappa shape index (κ3) is 2.71. The van der Waals surface area contributed by atoms with Gasteiger partial charge < -0.3 is 9.30 Å². The van der Waals surface area contributed by atoms with Crippen LogP contribution in [0, 0.1) is 20.8 Å². The zero-order valence-corrected chi connectivity index (χ0v) is 14.1. The largest absolute Gasteiger partial charge is 0.381 e. The highest BCUT2D eigenvalue weighted by atomic mass is 79.9. The number of ether oxygens (including phenoxy) is 1. The minimum atomic E-state index is -0.397. The monoisotopic (exact) mass is 384 g/mol. The van der Waals surface area contributed by atoms with Gasteiger partial charge >= 0.3 is 0 Å². The number of hydrogen-bond acceptors (Lipinski definition) is 5. The molecule has 1 aliphatic heterocycles. The Morgan fingerprint density at radius 2 is 2.27 bits per heavy atom. The maximum absolute atomic E-state index is 11.1. The van der Waals surface area contributed by atoms with Crippen LogP contribution in [0.5, 0.6) is 0 Å². The Balaban J connectivity index is 2.12. The molecule has 7 nitrogen and oxygen atoms in total. The Bertz CT molecular complexity index is 784. The van der Waals surface area contributed by atoms with Gasteiger partial charge in [-0.1, -0.05) is 15.9 Å². The molecular weight excluding hydrogens is 372 g/mol. The first kappa shape index (κ1) is 15.3. The van der Waals surface area contributed by atoms with Gasteiger partial charge in [0.25, 0.3) is 5.69 Å². The van der Waals surface area contributed by atoms with Crippen molar-refractivity contribution < 1.29 is 9.66 Å². The standard InChI is InChI=1S/C13H13BrN4O3S/c1-17-12(15-16-13(17)22)11(8-5-21-6-8)7-2-9(14)4-10(3-7)18(19)20/h2-4,8,11H,5-6H2,1H3,(H,16,22). The summed E-state index contributed by atoms with van der Waals surface area (Å²) >= 11 is 8.52. The van der Waals surface area contributed by atoms with Gasteiger partial charge in [-0.25, -0.2) is 0 Å². The van der Waals surface area contributed by atoms with Crippen molar-refractivity contribution in [3.05, 3.63) is 48.9 Å². The van der Waals surface area contributed by atoms with E-state index in [0.29, 0.717) is 22.5 Å². The SMILES string of the molecule is Cn1c(C(c2cc(Br)cc([N+](=O)[O-])c2)C2COC2)n[nH]c1=S. The lowest BCUT2D eigenvalue weighted by Crippen LogP contribution is -2.35. The molecule has 1 unspecified atom stereocenters. The van der Waals surface area contributed by atoms with Crippen LogP contribution >= 0.6 is 28.1 Å². The lowest BCUT2D eigenvalue weighted by atomic mass is 9.84. The Morgan fingerprint density at radius 1 is 1.55 bits per heavy atom. The molecular formula is C13H13BrN4O3S. The van der Waals surface area contributed by atoms with Gasteiger partial charge in [0.2, 0.25) is 0 Å². The molecule has 1 aliphatic rings. The lowest BCUT2D eigenvalue weighted by molar-refractivity contribution is -0.385. The maximum atomic E-state index is 11.1. The molecule has 2 heterocycles. The van der Waals surface area contributed by atoms with E-state index in [-0.39, 0.29) is 17.5 Å². The number of nitrogens with zero attached hydrogens (tertiary/aromatic N) is 3. The van der Waals surface area contributed by atoms with E-state index in [1.54, 1.807) is 10.6 Å². The molecule has 1 N–H and O–H groups in total. The summed E-state index contributed by atoms with van der Waals surface area (Å²) in [5, 5.41) is 18.2. The zero-order chi connectivity index (χ0) is 15.9. The van der Waals surface area contributed by atoms with E-state index < -0.39 is 4.92 Å². The first-order valence-electron chi connectivity index (χ1n) is 6.61. The van der Waals surface area contributed by atoms with Crippen molar-refractivity contribution >= 4 is 33.8 Å². The second-order valence-electron chi connectivity index (χ2n) is 5.22. The maximum Gasteiger partial charge on any atom is 0.270 e. The Labute approximate surface area is 139 Å². The third-order valence-corrected chi connectivity index (χ3v) is 4.63. The number of aromatic amines is 1. The van der Waals surface area contributed by atoms with Crippen molar-refractivity contribution in [2.45, 2.75) is 5.92 Å². The quantitative estimate of drug-likeness (QED) is 0.497. The van der Waals surface area contributed by atoms with Crippen molar-refractivity contribution in [3.8, 4) is 0 Å². The Morgan fingerprint density at radius 3 is 2.77 bits per heavy atom. The molecule has 1 atom stereocenters. The fourth-order valence-electron chi connectivity index (χ4n) is 2.60. The fraction of sp³-hybridized carbons (Fsp3) is 0.385. The highest BCUT2D eigenvalue weighted by Gasteiger charge is 2.35. The molecule has 0 aliphatic carbocycles. The number of aromatic nitrogens is 3. The van der Waals surface area contributed by atoms with E-state index in [4.69, 9.17) is 17.0 Å². The summed E-state index contributed by atoms with van der Waals surface area (Å²) in [6.45, 7) is 1.20. The van der Waals surface area contributed by atoms with Crippen LogP contribution in [0.2, 0.25) is 0 Å². The molecule has 0 amide bonds. The van der Waals surface area contributed by atoms with Gasteiger partial charge in [-0.15, -0.1) is 0 Å². The average Bonchev–Trinajstić information content (AvgIpc) is 2.73. The summed E-state index contributed by atoms with van der Waals surface area (Å²) in [7, 11) is 1.83. The predicted octanol–water partition coefficient (Wildman–Crippen LogP) is 2.93. The van der Waals surface area contributed by atoms with E-state index in [9.17, 15) is 10.1 Å². The van der Waals surface area contributed by atoms with Crippen molar-refractivity contribution in [1.29, 1.82) is 0 Å².